The number of carbonyl (C=O) groups is 1. The lowest BCUT2D eigenvalue weighted by Crippen LogP contribution is -2.07. The van der Waals surface area contributed by atoms with Crippen molar-refractivity contribution >= 4 is 39.8 Å². The molecule has 5 rings (SSSR count). The first-order valence-corrected chi connectivity index (χ1v) is 10.2. The topological polar surface area (TPSA) is 91.2 Å². The molecule has 7 nitrogen and oxygen atoms in total. The van der Waals surface area contributed by atoms with Crippen molar-refractivity contribution < 1.29 is 18.5 Å². The van der Waals surface area contributed by atoms with E-state index in [1.807, 2.05) is 54.6 Å². The van der Waals surface area contributed by atoms with E-state index in [-0.39, 0.29) is 18.3 Å². The highest BCUT2D eigenvalue weighted by Gasteiger charge is 2.15. The van der Waals surface area contributed by atoms with E-state index < -0.39 is 0 Å². The van der Waals surface area contributed by atoms with Crippen molar-refractivity contribution in [3.63, 3.8) is 0 Å². The van der Waals surface area contributed by atoms with Gasteiger partial charge in [-0.1, -0.05) is 59.4 Å². The van der Waals surface area contributed by atoms with E-state index in [2.05, 4.69) is 15.1 Å². The van der Waals surface area contributed by atoms with E-state index in [0.717, 1.165) is 22.0 Å². The van der Waals surface area contributed by atoms with E-state index in [0.29, 0.717) is 22.1 Å². The van der Waals surface area contributed by atoms with Crippen LogP contribution in [-0.2, 0) is 16.1 Å². The Kier molecular flexibility index (Phi) is 4.90. The Morgan fingerprint density at radius 3 is 2.77 bits per heavy atom. The van der Waals surface area contributed by atoms with Crippen LogP contribution >= 0.6 is 11.8 Å². The van der Waals surface area contributed by atoms with Crippen LogP contribution in [0.5, 0.6) is 0 Å². The van der Waals surface area contributed by atoms with E-state index >= 15 is 0 Å². The third-order valence-corrected chi connectivity index (χ3v) is 5.39. The molecule has 0 fully saturated rings. The number of hydrogen-bond donors (Lipinski definition) is 0. The average molecular weight is 417 g/mol. The zero-order chi connectivity index (χ0) is 20.3. The molecule has 0 amide bonds. The summed E-state index contributed by atoms with van der Waals surface area (Å²) in [5.41, 5.74) is 3.50. The first kappa shape index (κ1) is 18.4. The Morgan fingerprint density at radius 1 is 1.03 bits per heavy atom. The van der Waals surface area contributed by atoms with Gasteiger partial charge in [-0.2, -0.15) is 0 Å². The quantitative estimate of drug-likeness (QED) is 0.220. The van der Waals surface area contributed by atoms with Gasteiger partial charge in [0.1, 0.15) is 34.8 Å². The smallest absolute Gasteiger partial charge is 0.316 e. The van der Waals surface area contributed by atoms with Crippen LogP contribution in [0.25, 0.3) is 33.4 Å². The largest absolute Gasteiger partial charge is 0.458 e. The number of carbonyl (C=O) groups excluding carboxylic acids is 1. The number of ether oxygens (including phenoxy) is 1. The van der Waals surface area contributed by atoms with Crippen molar-refractivity contribution in [2.45, 2.75) is 11.6 Å². The van der Waals surface area contributed by atoms with Crippen LogP contribution in [0.2, 0.25) is 0 Å². The summed E-state index contributed by atoms with van der Waals surface area (Å²) in [7, 11) is 0. The Morgan fingerprint density at radius 2 is 1.87 bits per heavy atom. The molecule has 5 aromatic rings. The molecule has 0 spiro atoms. The molecule has 0 aliphatic carbocycles. The highest BCUT2D eigenvalue weighted by atomic mass is 32.2. The third-order valence-electron chi connectivity index (χ3n) is 4.45. The fraction of sp³-hybridized carbons (Fsp3) is 0.0909. The van der Waals surface area contributed by atoms with Crippen molar-refractivity contribution in [1.82, 2.24) is 15.1 Å². The predicted molar refractivity (Wildman–Crippen MR) is 112 cm³/mol. The number of rotatable bonds is 6. The molecule has 0 radical (unpaired) electrons. The molecule has 0 aliphatic rings. The number of fused-ring (bicyclic) bond motifs is 3. The fourth-order valence-electron chi connectivity index (χ4n) is 3.05. The molecule has 0 N–H and O–H groups in total. The van der Waals surface area contributed by atoms with Gasteiger partial charge in [-0.15, -0.1) is 0 Å². The van der Waals surface area contributed by atoms with Crippen LogP contribution in [0.3, 0.4) is 0 Å². The van der Waals surface area contributed by atoms with Crippen molar-refractivity contribution in [2.24, 2.45) is 0 Å². The van der Waals surface area contributed by atoms with Crippen molar-refractivity contribution in [3.05, 3.63) is 72.7 Å². The lowest BCUT2D eigenvalue weighted by Gasteiger charge is -2.02. The molecule has 8 heteroatoms. The van der Waals surface area contributed by atoms with Gasteiger partial charge < -0.3 is 13.7 Å². The second-order valence-electron chi connectivity index (χ2n) is 6.45. The molecule has 2 aromatic carbocycles. The molecule has 0 aliphatic heterocycles. The maximum atomic E-state index is 12.2. The summed E-state index contributed by atoms with van der Waals surface area (Å²) >= 11 is 1.25. The number of para-hydroxylation sites is 1. The highest BCUT2D eigenvalue weighted by molar-refractivity contribution is 8.00. The van der Waals surface area contributed by atoms with Gasteiger partial charge in [0.2, 0.25) is 0 Å². The van der Waals surface area contributed by atoms with Crippen LogP contribution in [-0.4, -0.2) is 26.8 Å². The monoisotopic (exact) mass is 417 g/mol. The highest BCUT2D eigenvalue weighted by Crippen LogP contribution is 2.32. The van der Waals surface area contributed by atoms with Crippen LogP contribution in [0.4, 0.5) is 0 Å². The number of esters is 1. The maximum Gasteiger partial charge on any atom is 0.316 e. The molecular formula is C22H15N3O4S. The van der Waals surface area contributed by atoms with Crippen LogP contribution in [0, 0.1) is 0 Å². The van der Waals surface area contributed by atoms with E-state index in [1.54, 1.807) is 6.07 Å². The van der Waals surface area contributed by atoms with Gasteiger partial charge in [0.15, 0.2) is 11.3 Å². The summed E-state index contributed by atoms with van der Waals surface area (Å²) in [5, 5.41) is 5.47. The Bertz CT molecular complexity index is 1330. The van der Waals surface area contributed by atoms with Gasteiger partial charge in [0.05, 0.1) is 5.75 Å². The number of nitrogens with zero attached hydrogens (tertiary/aromatic N) is 3. The molecule has 3 heterocycles. The first-order chi connectivity index (χ1) is 14.8. The minimum Gasteiger partial charge on any atom is -0.458 e. The summed E-state index contributed by atoms with van der Waals surface area (Å²) < 4.78 is 16.5. The molecule has 0 atom stereocenters. The summed E-state index contributed by atoms with van der Waals surface area (Å²) in [4.78, 5) is 20.8. The Labute approximate surface area is 175 Å². The number of benzene rings is 2. The standard InChI is InChI=1S/C22H15N3O4S/c26-19(27-11-15-10-18(29-25-15)14-6-2-1-3-7-14)12-30-22-21-20(23-13-24-22)16-8-4-5-9-17(16)28-21/h1-10,13H,11-12H2. The Hall–Kier alpha value is -3.65. The second kappa shape index (κ2) is 8.00. The third kappa shape index (κ3) is 3.65. The van der Waals surface area contributed by atoms with Crippen LogP contribution in [0.15, 0.2) is 81.0 Å². The van der Waals surface area contributed by atoms with Gasteiger partial charge >= 0.3 is 5.97 Å². The van der Waals surface area contributed by atoms with Crippen molar-refractivity contribution in [3.8, 4) is 11.3 Å². The number of hydrogen-bond acceptors (Lipinski definition) is 8. The lowest BCUT2D eigenvalue weighted by atomic mass is 10.2. The second-order valence-corrected chi connectivity index (χ2v) is 7.42. The Balaban J connectivity index is 1.22. The molecule has 148 valence electrons. The zero-order valence-electron chi connectivity index (χ0n) is 15.6. The molecule has 0 unspecified atom stereocenters. The summed E-state index contributed by atoms with van der Waals surface area (Å²) in [5.74, 6) is 0.337. The van der Waals surface area contributed by atoms with Crippen LogP contribution in [0.1, 0.15) is 5.69 Å². The molecule has 30 heavy (non-hydrogen) atoms. The number of aromatic nitrogens is 3. The number of furan rings is 1. The molecule has 0 bridgehead atoms. The zero-order valence-corrected chi connectivity index (χ0v) is 16.5. The molecular weight excluding hydrogens is 402 g/mol. The molecule has 3 aromatic heterocycles. The number of thioether (sulfide) groups is 1. The van der Waals surface area contributed by atoms with E-state index in [4.69, 9.17) is 13.7 Å². The first-order valence-electron chi connectivity index (χ1n) is 9.19. The van der Waals surface area contributed by atoms with Gasteiger partial charge in [-0.05, 0) is 12.1 Å². The summed E-state index contributed by atoms with van der Waals surface area (Å²) in [6.45, 7) is 0.0412. The van der Waals surface area contributed by atoms with Crippen LogP contribution < -0.4 is 0 Å². The van der Waals surface area contributed by atoms with E-state index in [1.165, 1.54) is 18.1 Å². The van der Waals surface area contributed by atoms with Gasteiger partial charge in [-0.25, -0.2) is 9.97 Å². The minimum atomic E-state index is -0.382. The average Bonchev–Trinajstić information content (AvgIpc) is 3.42. The van der Waals surface area contributed by atoms with Gasteiger partial charge in [-0.3, -0.25) is 4.79 Å². The van der Waals surface area contributed by atoms with Gasteiger partial charge in [0, 0.05) is 17.0 Å². The lowest BCUT2D eigenvalue weighted by molar-refractivity contribution is -0.141. The SMILES string of the molecule is O=C(CSc1ncnc2c1oc1ccccc12)OCc1cc(-c2ccccc2)on1. The molecule has 0 saturated carbocycles. The fourth-order valence-corrected chi connectivity index (χ4v) is 3.78. The van der Waals surface area contributed by atoms with Crippen molar-refractivity contribution in [1.29, 1.82) is 0 Å². The normalized spacial score (nSPS) is 11.2. The predicted octanol–water partition coefficient (Wildman–Crippen LogP) is 4.87. The summed E-state index contributed by atoms with van der Waals surface area (Å²) in [6, 6.07) is 19.0. The van der Waals surface area contributed by atoms with Crippen molar-refractivity contribution in [2.75, 3.05) is 5.75 Å². The van der Waals surface area contributed by atoms with E-state index in [9.17, 15) is 4.79 Å². The maximum absolute atomic E-state index is 12.2. The molecule has 0 saturated heterocycles. The minimum absolute atomic E-state index is 0.0412. The van der Waals surface area contributed by atoms with Gasteiger partial charge in [0.25, 0.3) is 0 Å². The summed E-state index contributed by atoms with van der Waals surface area (Å²) in [6.07, 6.45) is 1.47.